The number of rotatable bonds is 20. The van der Waals surface area contributed by atoms with Gasteiger partial charge in [-0.3, -0.25) is 9.59 Å². The van der Waals surface area contributed by atoms with Gasteiger partial charge in [0, 0.05) is 42.9 Å². The number of halogens is 1. The van der Waals surface area contributed by atoms with E-state index >= 15 is 0 Å². The van der Waals surface area contributed by atoms with Crippen LogP contribution in [0, 0.1) is 5.82 Å². The summed E-state index contributed by atoms with van der Waals surface area (Å²) in [4.78, 5) is 37.1. The Kier molecular flexibility index (Phi) is 14.9. The van der Waals surface area contributed by atoms with Crippen molar-refractivity contribution in [1.82, 2.24) is 4.57 Å². The lowest BCUT2D eigenvalue weighted by atomic mass is 9.94. The summed E-state index contributed by atoms with van der Waals surface area (Å²) in [6.45, 7) is 6.00. The number of anilines is 1. The lowest BCUT2D eigenvalue weighted by molar-refractivity contribution is -0.160. The van der Waals surface area contributed by atoms with Gasteiger partial charge in [-0.2, -0.15) is 0 Å². The molecular weight excluding hydrogens is 695 g/mol. The molecule has 1 aliphatic rings. The Morgan fingerprint density at radius 1 is 0.907 bits per heavy atom. The van der Waals surface area contributed by atoms with Crippen LogP contribution in [0.3, 0.4) is 0 Å². The third kappa shape index (κ3) is 11.3. The van der Waals surface area contributed by atoms with E-state index in [0.29, 0.717) is 57.1 Å². The van der Waals surface area contributed by atoms with Gasteiger partial charge >= 0.3 is 11.9 Å². The first kappa shape index (κ1) is 40.3. The summed E-state index contributed by atoms with van der Waals surface area (Å²) >= 11 is 0. The van der Waals surface area contributed by atoms with Crippen LogP contribution in [0.5, 0.6) is 0 Å². The van der Waals surface area contributed by atoms with Gasteiger partial charge in [0.05, 0.1) is 50.2 Å². The van der Waals surface area contributed by atoms with Crippen molar-refractivity contribution in [3.05, 3.63) is 102 Å². The molecule has 3 N–H and O–H groups in total. The van der Waals surface area contributed by atoms with Crippen molar-refractivity contribution < 1.29 is 47.9 Å². The predicted octanol–water partition coefficient (Wildman–Crippen LogP) is 6.86. The van der Waals surface area contributed by atoms with E-state index in [0.717, 1.165) is 46.5 Å². The normalized spacial score (nSPS) is 15.7. The summed E-state index contributed by atoms with van der Waals surface area (Å²) < 4.78 is 37.8. The Morgan fingerprint density at radius 2 is 1.57 bits per heavy atom. The fourth-order valence-electron chi connectivity index (χ4n) is 6.73. The number of aliphatic hydroxyl groups excluding tert-OH is 1. The molecule has 0 bridgehead atoms. The molecule has 2 heterocycles. The highest BCUT2D eigenvalue weighted by molar-refractivity contribution is 6.12. The van der Waals surface area contributed by atoms with E-state index in [2.05, 4.69) is 9.88 Å². The number of hydrogen-bond acceptors (Lipinski definition) is 8. The number of hydrogen-bond donors (Lipinski definition) is 3. The largest absolute Gasteiger partial charge is 0.480 e. The van der Waals surface area contributed by atoms with Crippen LogP contribution in [0.1, 0.15) is 67.1 Å². The van der Waals surface area contributed by atoms with Gasteiger partial charge in [-0.15, -0.1) is 0 Å². The van der Waals surface area contributed by atoms with Crippen LogP contribution in [0.25, 0.3) is 22.4 Å². The number of carboxylic acid groups (broad SMARTS) is 1. The highest BCUT2D eigenvalue weighted by atomic mass is 19.1. The van der Waals surface area contributed by atoms with E-state index in [9.17, 15) is 23.9 Å². The van der Waals surface area contributed by atoms with Crippen molar-refractivity contribution in [3.63, 3.8) is 0 Å². The van der Waals surface area contributed by atoms with Gasteiger partial charge in [-0.1, -0.05) is 56.3 Å². The molecule has 0 radical (unpaired) electrons. The van der Waals surface area contributed by atoms with Crippen molar-refractivity contribution in [2.24, 2.45) is 0 Å². The van der Waals surface area contributed by atoms with Crippen LogP contribution in [0.2, 0.25) is 0 Å². The molecule has 288 valence electrons. The SMILES string of the molecule is CC(C)c1c(C(=O)Nc2ccc(CCCOCCOCCOCC(=O)O)cc2)c(-c2ccccc2)c(-c2ccc(F)cc2)n1CC[C@@H]1C[C@@H](O)CC(=O)O1. The first-order chi connectivity index (χ1) is 26.1. The lowest BCUT2D eigenvalue weighted by Crippen LogP contribution is -2.33. The van der Waals surface area contributed by atoms with Crippen LogP contribution in [0.15, 0.2) is 78.9 Å². The van der Waals surface area contributed by atoms with Crippen LogP contribution >= 0.6 is 0 Å². The number of aryl methyl sites for hydroxylation is 1. The van der Waals surface area contributed by atoms with Crippen LogP contribution in [0.4, 0.5) is 10.1 Å². The minimum Gasteiger partial charge on any atom is -0.480 e. The van der Waals surface area contributed by atoms with Crippen LogP contribution in [-0.4, -0.2) is 84.5 Å². The van der Waals surface area contributed by atoms with Gasteiger partial charge in [0.15, 0.2) is 0 Å². The van der Waals surface area contributed by atoms with E-state index in [1.807, 2.05) is 68.4 Å². The Balaban J connectivity index is 1.33. The second kappa shape index (κ2) is 20.0. The van der Waals surface area contributed by atoms with Gasteiger partial charge < -0.3 is 39.0 Å². The van der Waals surface area contributed by atoms with Crippen molar-refractivity contribution in [2.75, 3.05) is 45.0 Å². The molecular formula is C42H49FN2O9. The average Bonchev–Trinajstić information content (AvgIpc) is 3.49. The molecule has 1 aliphatic heterocycles. The number of cyclic esters (lactones) is 1. The predicted molar refractivity (Wildman–Crippen MR) is 202 cm³/mol. The number of nitrogens with zero attached hydrogens (tertiary/aromatic N) is 1. The highest BCUT2D eigenvalue weighted by Crippen LogP contribution is 2.43. The second-order valence-electron chi connectivity index (χ2n) is 13.6. The Hall–Kier alpha value is -4.88. The van der Waals surface area contributed by atoms with Gasteiger partial charge in [0.2, 0.25) is 0 Å². The summed E-state index contributed by atoms with van der Waals surface area (Å²) in [6, 6.07) is 23.6. The van der Waals surface area contributed by atoms with Crippen LogP contribution in [-0.2, 0) is 41.5 Å². The molecule has 5 rings (SSSR count). The van der Waals surface area contributed by atoms with E-state index in [1.54, 1.807) is 12.1 Å². The molecule has 0 aliphatic carbocycles. The van der Waals surface area contributed by atoms with E-state index in [4.69, 9.17) is 24.1 Å². The number of carboxylic acids is 1. The average molecular weight is 745 g/mol. The van der Waals surface area contributed by atoms with E-state index < -0.39 is 24.1 Å². The Bertz CT molecular complexity index is 1830. The number of esters is 1. The third-order valence-corrected chi connectivity index (χ3v) is 9.10. The third-order valence-electron chi connectivity index (χ3n) is 9.10. The standard InChI is InChI=1S/C42H49FN2O9/c1-28(2)40-39(42(50)44-33-16-10-29(11-17-33)7-6-20-51-21-22-52-23-24-53-27-36(47)48)38(30-8-4-3-5-9-30)41(31-12-14-32(43)15-13-31)45(40)19-18-35-25-34(46)26-37(49)54-35/h3-5,8-17,28,34-35,46H,6-7,18-27H2,1-2H3,(H,44,50)(H,47,48)/t34-,35-/m1/s1. The molecule has 54 heavy (non-hydrogen) atoms. The maximum atomic E-state index is 14.5. The van der Waals surface area contributed by atoms with Crippen molar-refractivity contribution in [3.8, 4) is 22.4 Å². The summed E-state index contributed by atoms with van der Waals surface area (Å²) in [5.74, 6) is -2.20. The lowest BCUT2D eigenvalue weighted by Gasteiger charge is -2.27. The number of benzene rings is 3. The number of nitrogens with one attached hydrogen (secondary N) is 1. The van der Waals surface area contributed by atoms with Crippen molar-refractivity contribution >= 4 is 23.5 Å². The minimum atomic E-state index is -1.01. The summed E-state index contributed by atoms with van der Waals surface area (Å²) in [7, 11) is 0. The number of ether oxygens (including phenoxy) is 4. The molecule has 0 saturated carbocycles. The number of carbonyl (C=O) groups is 3. The molecule has 0 spiro atoms. The molecule has 1 aromatic heterocycles. The van der Waals surface area contributed by atoms with Crippen molar-refractivity contribution in [2.45, 2.75) is 70.6 Å². The molecule has 1 amide bonds. The van der Waals surface area contributed by atoms with Gasteiger partial charge in [-0.25, -0.2) is 9.18 Å². The van der Waals surface area contributed by atoms with E-state index in [1.165, 1.54) is 12.1 Å². The van der Waals surface area contributed by atoms with Crippen LogP contribution < -0.4 is 5.32 Å². The summed E-state index contributed by atoms with van der Waals surface area (Å²) in [5.41, 5.74) is 6.07. The van der Waals surface area contributed by atoms with E-state index in [-0.39, 0.29) is 37.3 Å². The quantitative estimate of drug-likeness (QED) is 0.0653. The van der Waals surface area contributed by atoms with Gasteiger partial charge in [0.25, 0.3) is 5.91 Å². The first-order valence-corrected chi connectivity index (χ1v) is 18.4. The molecule has 11 nitrogen and oxygen atoms in total. The molecule has 0 unspecified atom stereocenters. The number of amides is 1. The number of aliphatic carboxylic acids is 1. The molecule has 2 atom stereocenters. The zero-order chi connectivity index (χ0) is 38.5. The second-order valence-corrected chi connectivity index (χ2v) is 13.6. The number of carbonyl (C=O) groups excluding carboxylic acids is 2. The van der Waals surface area contributed by atoms with Gasteiger partial charge in [0.1, 0.15) is 18.5 Å². The maximum Gasteiger partial charge on any atom is 0.329 e. The number of aliphatic hydroxyl groups is 1. The number of aromatic nitrogens is 1. The Labute approximate surface area is 315 Å². The molecule has 1 fully saturated rings. The molecule has 4 aromatic rings. The monoisotopic (exact) mass is 744 g/mol. The smallest absolute Gasteiger partial charge is 0.329 e. The molecule has 1 saturated heterocycles. The summed E-state index contributed by atoms with van der Waals surface area (Å²) in [6.07, 6.45) is 1.07. The zero-order valence-corrected chi connectivity index (χ0v) is 30.8. The Morgan fingerprint density at radius 3 is 2.22 bits per heavy atom. The molecule has 3 aromatic carbocycles. The minimum absolute atomic E-state index is 0.0243. The topological polar surface area (TPSA) is 146 Å². The highest BCUT2D eigenvalue weighted by Gasteiger charge is 2.32. The summed E-state index contributed by atoms with van der Waals surface area (Å²) in [5, 5.41) is 22.0. The van der Waals surface area contributed by atoms with Gasteiger partial charge in [-0.05, 0) is 71.8 Å². The first-order valence-electron chi connectivity index (χ1n) is 18.4. The zero-order valence-electron chi connectivity index (χ0n) is 30.8. The fourth-order valence-corrected chi connectivity index (χ4v) is 6.73. The molecule has 12 heteroatoms. The maximum absolute atomic E-state index is 14.5. The van der Waals surface area contributed by atoms with Crippen molar-refractivity contribution in [1.29, 1.82) is 0 Å². The fraction of sp³-hybridized carbons (Fsp3) is 0.405.